The average Bonchev–Trinajstić information content (AvgIpc) is 2.83. The van der Waals surface area contributed by atoms with E-state index in [-0.39, 0.29) is 11.4 Å². The van der Waals surface area contributed by atoms with E-state index < -0.39 is 12.3 Å². The molecule has 1 unspecified atom stereocenters. The van der Waals surface area contributed by atoms with Gasteiger partial charge in [0.25, 0.3) is 0 Å². The molecule has 0 aliphatic rings. The average molecular weight is 448 g/mol. The summed E-state index contributed by atoms with van der Waals surface area (Å²) in [6.45, 7) is 2.38. The molecule has 0 fully saturated rings. The maximum Gasteiger partial charge on any atom is 0.335 e. The van der Waals surface area contributed by atoms with E-state index >= 15 is 4.39 Å². The first kappa shape index (κ1) is 24.0. The van der Waals surface area contributed by atoms with Crippen LogP contribution < -0.4 is 4.90 Å². The molecule has 0 amide bonds. The molecule has 0 aliphatic carbocycles. The van der Waals surface area contributed by atoms with E-state index in [0.717, 1.165) is 36.0 Å². The monoisotopic (exact) mass is 447 g/mol. The summed E-state index contributed by atoms with van der Waals surface area (Å²) in [6.07, 6.45) is 1.88. The molecule has 1 N–H and O–H groups in total. The molecule has 0 spiro atoms. The first-order chi connectivity index (χ1) is 16.0. The Morgan fingerprint density at radius 1 is 0.970 bits per heavy atom. The van der Waals surface area contributed by atoms with Gasteiger partial charge < -0.3 is 10.0 Å². The van der Waals surface area contributed by atoms with Gasteiger partial charge in [-0.05, 0) is 73.0 Å². The van der Waals surface area contributed by atoms with Crippen molar-refractivity contribution in [1.29, 1.82) is 0 Å². The Balaban J connectivity index is 1.78. The number of carbonyl (C=O) groups is 1. The number of benzene rings is 3. The van der Waals surface area contributed by atoms with Gasteiger partial charge in [-0.1, -0.05) is 49.8 Å². The number of hydrogen-bond acceptors (Lipinski definition) is 2. The smallest absolute Gasteiger partial charge is 0.335 e. The summed E-state index contributed by atoms with van der Waals surface area (Å²) in [5.41, 5.74) is 3.07. The zero-order chi connectivity index (χ0) is 23.6. The molecule has 0 saturated carbocycles. The molecule has 0 aliphatic heterocycles. The van der Waals surface area contributed by atoms with E-state index in [1.165, 1.54) is 24.3 Å². The Morgan fingerprint density at radius 2 is 1.61 bits per heavy atom. The van der Waals surface area contributed by atoms with Crippen LogP contribution in [0.3, 0.4) is 0 Å². The zero-order valence-electron chi connectivity index (χ0n) is 18.6. The van der Waals surface area contributed by atoms with Crippen molar-refractivity contribution in [2.24, 2.45) is 0 Å². The van der Waals surface area contributed by atoms with Gasteiger partial charge in [0.05, 0.1) is 5.56 Å². The maximum absolute atomic E-state index is 15.2. The number of nitrogens with zero attached hydrogens (tertiary/aromatic N) is 1. The fraction of sp³-hybridized carbons (Fsp3) is 0.250. The number of unbranched alkanes of at least 4 members (excludes halogenated alkanes) is 2. The number of hydrogen-bond donors (Lipinski definition) is 1. The third kappa shape index (κ3) is 7.18. The van der Waals surface area contributed by atoms with Crippen LogP contribution >= 0.6 is 0 Å². The van der Waals surface area contributed by atoms with Gasteiger partial charge in [-0.25, -0.2) is 13.6 Å². The van der Waals surface area contributed by atoms with E-state index in [1.807, 2.05) is 24.3 Å². The molecule has 0 aromatic heterocycles. The van der Waals surface area contributed by atoms with E-state index in [2.05, 4.69) is 18.8 Å². The largest absolute Gasteiger partial charge is 0.478 e. The first-order valence-electron chi connectivity index (χ1n) is 11.1. The lowest BCUT2D eigenvalue weighted by atomic mass is 10.1. The summed E-state index contributed by atoms with van der Waals surface area (Å²) < 4.78 is 28.3. The molecule has 5 heteroatoms. The highest BCUT2D eigenvalue weighted by Gasteiger charge is 2.19. The van der Waals surface area contributed by atoms with Crippen LogP contribution in [0, 0.1) is 17.7 Å². The molecule has 33 heavy (non-hydrogen) atoms. The Labute approximate surface area is 193 Å². The summed E-state index contributed by atoms with van der Waals surface area (Å²) in [6, 6.07) is 19.9. The fourth-order valence-corrected chi connectivity index (χ4v) is 3.46. The SMILES string of the molecule is CCCCCC(F)N(Cc1ccc(C#Cc2ccc(F)cc2)cc1)c1cccc(C(=O)O)c1. The molecule has 3 aromatic carbocycles. The highest BCUT2D eigenvalue weighted by Crippen LogP contribution is 2.25. The van der Waals surface area contributed by atoms with Gasteiger partial charge in [0, 0.05) is 23.4 Å². The number of aromatic carboxylic acids is 1. The standard InChI is InChI=1S/C28H27F2NO2/c1-2-3-4-8-27(30)31(26-7-5-6-24(19-26)28(32)33)20-23-13-11-21(12-14-23)9-10-22-15-17-25(29)18-16-22/h5-7,11-19,27H,2-4,8,20H2,1H3,(H,32,33). The molecule has 0 radical (unpaired) electrons. The summed E-state index contributed by atoms with van der Waals surface area (Å²) in [5, 5.41) is 9.33. The zero-order valence-corrected chi connectivity index (χ0v) is 18.6. The minimum atomic E-state index is -1.22. The van der Waals surface area contributed by atoms with Crippen LogP contribution in [0.25, 0.3) is 0 Å². The van der Waals surface area contributed by atoms with Gasteiger partial charge in [0.15, 0.2) is 6.30 Å². The maximum atomic E-state index is 15.2. The van der Waals surface area contributed by atoms with Crippen LogP contribution in [0.15, 0.2) is 72.8 Å². The van der Waals surface area contributed by atoms with E-state index in [9.17, 15) is 14.3 Å². The minimum Gasteiger partial charge on any atom is -0.478 e. The van der Waals surface area contributed by atoms with Gasteiger partial charge in [0.1, 0.15) is 5.82 Å². The fourth-order valence-electron chi connectivity index (χ4n) is 3.46. The minimum absolute atomic E-state index is 0.129. The molecular formula is C28H27F2NO2. The number of rotatable bonds is 9. The summed E-state index contributed by atoms with van der Waals surface area (Å²) in [5.74, 6) is 4.70. The van der Waals surface area contributed by atoms with Gasteiger partial charge in [-0.15, -0.1) is 0 Å². The van der Waals surface area contributed by atoms with Crippen LogP contribution in [0.2, 0.25) is 0 Å². The Kier molecular flexibility index (Phi) is 8.60. The van der Waals surface area contributed by atoms with Crippen molar-refractivity contribution in [2.45, 2.75) is 45.4 Å². The van der Waals surface area contributed by atoms with E-state index in [1.54, 1.807) is 29.2 Å². The summed E-state index contributed by atoms with van der Waals surface area (Å²) >= 11 is 0. The second-order valence-corrected chi connectivity index (χ2v) is 7.87. The van der Waals surface area contributed by atoms with Crippen LogP contribution in [0.1, 0.15) is 59.7 Å². The predicted molar refractivity (Wildman–Crippen MR) is 127 cm³/mol. The third-order valence-electron chi connectivity index (χ3n) is 5.31. The van der Waals surface area contributed by atoms with Crippen LogP contribution in [0.4, 0.5) is 14.5 Å². The number of carboxylic acid groups (broad SMARTS) is 1. The quantitative estimate of drug-likeness (QED) is 0.223. The Bertz CT molecular complexity index is 1120. The molecule has 3 aromatic rings. The lowest BCUT2D eigenvalue weighted by molar-refractivity contribution is 0.0697. The van der Waals surface area contributed by atoms with Crippen LogP contribution in [0.5, 0.6) is 0 Å². The van der Waals surface area contributed by atoms with Crippen molar-refractivity contribution in [3.05, 3.63) is 101 Å². The second kappa shape index (κ2) is 11.8. The second-order valence-electron chi connectivity index (χ2n) is 7.87. The van der Waals surface area contributed by atoms with E-state index in [4.69, 9.17) is 0 Å². The van der Waals surface area contributed by atoms with Crippen molar-refractivity contribution < 1.29 is 18.7 Å². The van der Waals surface area contributed by atoms with Crippen LogP contribution in [-0.4, -0.2) is 17.4 Å². The number of alkyl halides is 1. The van der Waals surface area contributed by atoms with Crippen molar-refractivity contribution in [3.8, 4) is 11.8 Å². The predicted octanol–water partition coefficient (Wildman–Crippen LogP) is 6.81. The molecule has 0 heterocycles. The highest BCUT2D eigenvalue weighted by molar-refractivity contribution is 5.88. The third-order valence-corrected chi connectivity index (χ3v) is 5.31. The van der Waals surface area contributed by atoms with Crippen LogP contribution in [-0.2, 0) is 6.54 Å². The van der Waals surface area contributed by atoms with Crippen molar-refractivity contribution in [3.63, 3.8) is 0 Å². The molecule has 3 nitrogen and oxygen atoms in total. The van der Waals surface area contributed by atoms with E-state index in [0.29, 0.717) is 18.7 Å². The number of carboxylic acids is 1. The molecule has 3 rings (SSSR count). The Hall–Kier alpha value is -3.65. The van der Waals surface area contributed by atoms with Crippen molar-refractivity contribution in [2.75, 3.05) is 4.90 Å². The lowest BCUT2D eigenvalue weighted by Gasteiger charge is -2.29. The molecule has 0 bridgehead atoms. The number of anilines is 1. The number of halogens is 2. The molecule has 0 saturated heterocycles. The molecular weight excluding hydrogens is 420 g/mol. The highest BCUT2D eigenvalue weighted by atomic mass is 19.1. The summed E-state index contributed by atoms with van der Waals surface area (Å²) in [7, 11) is 0. The molecule has 1 atom stereocenters. The van der Waals surface area contributed by atoms with Crippen molar-refractivity contribution in [1.82, 2.24) is 0 Å². The van der Waals surface area contributed by atoms with Gasteiger partial charge >= 0.3 is 5.97 Å². The molecule has 170 valence electrons. The Morgan fingerprint density at radius 3 is 2.21 bits per heavy atom. The topological polar surface area (TPSA) is 40.5 Å². The van der Waals surface area contributed by atoms with Gasteiger partial charge in [-0.2, -0.15) is 0 Å². The van der Waals surface area contributed by atoms with Crippen molar-refractivity contribution >= 4 is 11.7 Å². The summed E-state index contributed by atoms with van der Waals surface area (Å²) in [4.78, 5) is 13.0. The first-order valence-corrected chi connectivity index (χ1v) is 11.1. The van der Waals surface area contributed by atoms with Gasteiger partial charge in [0.2, 0.25) is 0 Å². The normalized spacial score (nSPS) is 11.4. The lowest BCUT2D eigenvalue weighted by Crippen LogP contribution is -2.31. The van der Waals surface area contributed by atoms with Gasteiger partial charge in [-0.3, -0.25) is 0 Å².